The van der Waals surface area contributed by atoms with Crippen molar-refractivity contribution in [2.75, 3.05) is 5.32 Å². The Balaban J connectivity index is 1.59. The predicted molar refractivity (Wildman–Crippen MR) is 86.5 cm³/mol. The van der Waals surface area contributed by atoms with Crippen LogP contribution in [0.1, 0.15) is 48.2 Å². The molecule has 22 heavy (non-hydrogen) atoms. The van der Waals surface area contributed by atoms with Crippen LogP contribution in [0.4, 0.5) is 5.69 Å². The van der Waals surface area contributed by atoms with Crippen molar-refractivity contribution < 1.29 is 9.53 Å². The zero-order valence-corrected chi connectivity index (χ0v) is 13.4. The monoisotopic (exact) mass is 317 g/mol. The lowest BCUT2D eigenvalue weighted by Crippen LogP contribution is -2.20. The number of nitrogens with one attached hydrogen (secondary N) is 1. The van der Waals surface area contributed by atoms with Gasteiger partial charge in [0, 0.05) is 11.4 Å². The highest BCUT2D eigenvalue weighted by Crippen LogP contribution is 2.23. The van der Waals surface area contributed by atoms with Gasteiger partial charge in [-0.1, -0.05) is 6.42 Å². The minimum Gasteiger partial charge on any atom is -0.474 e. The molecule has 5 nitrogen and oxygen atoms in total. The summed E-state index contributed by atoms with van der Waals surface area (Å²) in [7, 11) is 0. The van der Waals surface area contributed by atoms with E-state index in [1.54, 1.807) is 11.6 Å². The molecule has 6 heteroatoms. The van der Waals surface area contributed by atoms with Crippen molar-refractivity contribution in [1.29, 1.82) is 0 Å². The van der Waals surface area contributed by atoms with Gasteiger partial charge < -0.3 is 10.1 Å². The van der Waals surface area contributed by atoms with Crippen molar-refractivity contribution in [2.24, 2.45) is 0 Å². The number of pyridine rings is 1. The van der Waals surface area contributed by atoms with E-state index in [4.69, 9.17) is 4.74 Å². The van der Waals surface area contributed by atoms with Crippen LogP contribution in [0.5, 0.6) is 5.88 Å². The molecule has 1 aliphatic carbocycles. The van der Waals surface area contributed by atoms with Gasteiger partial charge in [0.1, 0.15) is 6.10 Å². The fourth-order valence-corrected chi connectivity index (χ4v) is 3.28. The second-order valence-electron chi connectivity index (χ2n) is 5.53. The Morgan fingerprint density at radius 2 is 2.14 bits per heavy atom. The van der Waals surface area contributed by atoms with Crippen molar-refractivity contribution in [2.45, 2.75) is 45.1 Å². The topological polar surface area (TPSA) is 64.1 Å². The van der Waals surface area contributed by atoms with Crippen molar-refractivity contribution in [3.63, 3.8) is 0 Å². The highest BCUT2D eigenvalue weighted by Gasteiger charge is 2.15. The zero-order valence-electron chi connectivity index (χ0n) is 12.5. The van der Waals surface area contributed by atoms with Crippen molar-refractivity contribution in [1.82, 2.24) is 9.36 Å². The number of nitrogens with zero attached hydrogens (tertiary/aromatic N) is 2. The number of anilines is 1. The summed E-state index contributed by atoms with van der Waals surface area (Å²) in [6.45, 7) is 1.82. The molecule has 0 radical (unpaired) electrons. The first kappa shape index (κ1) is 15.0. The number of ether oxygens (including phenoxy) is 1. The van der Waals surface area contributed by atoms with Gasteiger partial charge in [-0.25, -0.2) is 4.98 Å². The van der Waals surface area contributed by atoms with Gasteiger partial charge in [-0.15, -0.1) is 0 Å². The Kier molecular flexibility index (Phi) is 4.68. The van der Waals surface area contributed by atoms with Gasteiger partial charge in [0.2, 0.25) is 5.88 Å². The molecule has 2 aromatic rings. The average molecular weight is 317 g/mol. The molecule has 3 rings (SSSR count). The molecule has 1 saturated carbocycles. The number of amides is 1. The van der Waals surface area contributed by atoms with E-state index < -0.39 is 0 Å². The summed E-state index contributed by atoms with van der Waals surface area (Å²) in [6.07, 6.45) is 7.87. The zero-order chi connectivity index (χ0) is 15.4. The molecule has 0 saturated heterocycles. The second-order valence-corrected chi connectivity index (χ2v) is 6.16. The fraction of sp³-hybridized carbons (Fsp3) is 0.438. The average Bonchev–Trinajstić information content (AvgIpc) is 2.96. The van der Waals surface area contributed by atoms with Crippen LogP contribution in [0.25, 0.3) is 0 Å². The summed E-state index contributed by atoms with van der Waals surface area (Å²) >= 11 is 1.28. The van der Waals surface area contributed by atoms with E-state index in [2.05, 4.69) is 14.7 Å². The minimum atomic E-state index is -0.158. The number of carbonyl (C=O) groups is 1. The Labute approximate surface area is 133 Å². The first-order valence-corrected chi connectivity index (χ1v) is 8.41. The summed E-state index contributed by atoms with van der Waals surface area (Å²) in [5, 5.41) is 4.57. The number of aromatic nitrogens is 2. The van der Waals surface area contributed by atoms with Crippen LogP contribution in [0, 0.1) is 6.92 Å². The molecule has 0 atom stereocenters. The molecule has 1 N–H and O–H groups in total. The summed E-state index contributed by atoms with van der Waals surface area (Å²) in [5.41, 5.74) is 2.01. The molecule has 0 aromatic carbocycles. The lowest BCUT2D eigenvalue weighted by molar-refractivity contribution is 0.102. The standard InChI is InChI=1S/C16H19N3O2S/c1-11-14(10-22-19-11)16(20)18-12-7-8-15(17-9-12)21-13-5-3-2-4-6-13/h7-10,13H,2-6H2,1H3,(H,18,20). The van der Waals surface area contributed by atoms with Gasteiger partial charge in [0.05, 0.1) is 23.1 Å². The van der Waals surface area contributed by atoms with Crippen LogP contribution in [0.3, 0.4) is 0 Å². The molecule has 1 amide bonds. The van der Waals surface area contributed by atoms with Gasteiger partial charge in [0.25, 0.3) is 5.91 Å². The third-order valence-corrected chi connectivity index (χ3v) is 4.55. The van der Waals surface area contributed by atoms with Gasteiger partial charge in [-0.3, -0.25) is 4.79 Å². The normalized spacial score (nSPS) is 15.5. The highest BCUT2D eigenvalue weighted by molar-refractivity contribution is 7.04. The lowest BCUT2D eigenvalue weighted by atomic mass is 9.98. The number of rotatable bonds is 4. The molecular formula is C16H19N3O2S. The third-order valence-electron chi connectivity index (χ3n) is 3.83. The lowest BCUT2D eigenvalue weighted by Gasteiger charge is -2.22. The Hall–Kier alpha value is -1.95. The molecule has 2 aromatic heterocycles. The Morgan fingerprint density at radius 1 is 1.32 bits per heavy atom. The molecule has 0 aliphatic heterocycles. The second kappa shape index (κ2) is 6.87. The summed E-state index contributed by atoms with van der Waals surface area (Å²) in [6, 6.07) is 3.63. The minimum absolute atomic E-state index is 0.158. The van der Waals surface area contributed by atoms with Crippen molar-refractivity contribution >= 4 is 23.1 Å². The maximum atomic E-state index is 12.1. The molecule has 0 spiro atoms. The quantitative estimate of drug-likeness (QED) is 0.931. The smallest absolute Gasteiger partial charge is 0.258 e. The van der Waals surface area contributed by atoms with Crippen molar-refractivity contribution in [3.8, 4) is 5.88 Å². The number of hydrogen-bond donors (Lipinski definition) is 1. The van der Waals surface area contributed by atoms with Gasteiger partial charge in [0.15, 0.2) is 0 Å². The van der Waals surface area contributed by atoms with Gasteiger partial charge in [-0.05, 0) is 50.2 Å². The third kappa shape index (κ3) is 3.62. The van der Waals surface area contributed by atoms with E-state index in [0.717, 1.165) is 18.5 Å². The van der Waals surface area contributed by atoms with Crippen LogP contribution in [-0.4, -0.2) is 21.4 Å². The molecule has 2 heterocycles. The Bertz CT molecular complexity index is 633. The van der Waals surface area contributed by atoms with Crippen LogP contribution in [0.2, 0.25) is 0 Å². The Morgan fingerprint density at radius 3 is 2.77 bits per heavy atom. The summed E-state index contributed by atoms with van der Waals surface area (Å²) in [4.78, 5) is 16.4. The van der Waals surface area contributed by atoms with Gasteiger partial charge >= 0.3 is 0 Å². The first-order chi connectivity index (χ1) is 10.7. The van der Waals surface area contributed by atoms with Gasteiger partial charge in [-0.2, -0.15) is 4.37 Å². The van der Waals surface area contributed by atoms with Crippen LogP contribution >= 0.6 is 11.5 Å². The maximum absolute atomic E-state index is 12.1. The molecule has 0 bridgehead atoms. The number of hydrogen-bond acceptors (Lipinski definition) is 5. The number of aryl methyl sites for hydroxylation is 1. The maximum Gasteiger partial charge on any atom is 0.258 e. The highest BCUT2D eigenvalue weighted by atomic mass is 32.1. The van der Waals surface area contributed by atoms with Crippen LogP contribution < -0.4 is 10.1 Å². The van der Waals surface area contributed by atoms with E-state index in [1.165, 1.54) is 30.8 Å². The van der Waals surface area contributed by atoms with Crippen LogP contribution in [0.15, 0.2) is 23.7 Å². The van der Waals surface area contributed by atoms with E-state index in [1.807, 2.05) is 19.1 Å². The predicted octanol–water partition coefficient (Wildman–Crippen LogP) is 3.81. The summed E-state index contributed by atoms with van der Waals surface area (Å²) < 4.78 is 9.98. The fourth-order valence-electron chi connectivity index (χ4n) is 2.59. The van der Waals surface area contributed by atoms with E-state index in [9.17, 15) is 4.79 Å². The molecule has 1 aliphatic rings. The largest absolute Gasteiger partial charge is 0.474 e. The molecule has 1 fully saturated rings. The van der Waals surface area contributed by atoms with E-state index in [-0.39, 0.29) is 12.0 Å². The van der Waals surface area contributed by atoms with Crippen molar-refractivity contribution in [3.05, 3.63) is 35.0 Å². The molecule has 116 valence electrons. The molecular weight excluding hydrogens is 298 g/mol. The SMILES string of the molecule is Cc1nscc1C(=O)Nc1ccc(OC2CCCCC2)nc1. The number of carbonyl (C=O) groups excluding carboxylic acids is 1. The van der Waals surface area contributed by atoms with E-state index in [0.29, 0.717) is 17.1 Å². The van der Waals surface area contributed by atoms with Crippen LogP contribution in [-0.2, 0) is 0 Å². The van der Waals surface area contributed by atoms with E-state index >= 15 is 0 Å². The summed E-state index contributed by atoms with van der Waals surface area (Å²) in [5.74, 6) is 0.465. The first-order valence-electron chi connectivity index (χ1n) is 7.57. The molecule has 0 unspecified atom stereocenters.